The van der Waals surface area contributed by atoms with Crippen molar-refractivity contribution in [3.8, 4) is 5.75 Å². The van der Waals surface area contributed by atoms with Crippen LogP contribution >= 0.6 is 0 Å². The van der Waals surface area contributed by atoms with Gasteiger partial charge in [0.2, 0.25) is 5.78 Å². The van der Waals surface area contributed by atoms with Crippen LogP contribution in [0.2, 0.25) is 0 Å². The van der Waals surface area contributed by atoms with E-state index in [0.717, 1.165) is 5.56 Å². The molecular formula is C23H26N2O7. The number of likely N-dealkylation sites (N-methyl/N-ethyl adjacent to an activating group) is 1. The lowest BCUT2D eigenvalue weighted by molar-refractivity contribution is -0.153. The maximum Gasteiger partial charge on any atom is 0.255 e. The zero-order chi connectivity index (χ0) is 23.7. The number of nitrogens with two attached hydrogens (primary N) is 1. The van der Waals surface area contributed by atoms with E-state index in [9.17, 15) is 34.8 Å². The van der Waals surface area contributed by atoms with Crippen LogP contribution in [0.1, 0.15) is 30.0 Å². The molecule has 0 aromatic heterocycles. The highest BCUT2D eigenvalue weighted by atomic mass is 16.3. The molecule has 0 radical (unpaired) electrons. The van der Waals surface area contributed by atoms with Crippen molar-refractivity contribution in [1.29, 1.82) is 0 Å². The Morgan fingerprint density at radius 3 is 2.44 bits per heavy atom. The van der Waals surface area contributed by atoms with E-state index in [1.165, 1.54) is 11.0 Å². The lowest BCUT2D eigenvalue weighted by Crippen LogP contribution is -2.65. The summed E-state index contributed by atoms with van der Waals surface area (Å²) in [5, 5.41) is 43.7. The van der Waals surface area contributed by atoms with Crippen LogP contribution in [0.3, 0.4) is 0 Å². The molecule has 0 saturated heterocycles. The number of benzene rings is 1. The van der Waals surface area contributed by atoms with Crippen LogP contribution in [0, 0.1) is 11.8 Å². The molecule has 3 aliphatic rings. The predicted octanol–water partition coefficient (Wildman–Crippen LogP) is 0.526. The molecule has 0 bridgehead atoms. The minimum absolute atomic E-state index is 0.0879. The van der Waals surface area contributed by atoms with Gasteiger partial charge < -0.3 is 26.2 Å². The van der Waals surface area contributed by atoms with Gasteiger partial charge in [0.1, 0.15) is 22.8 Å². The van der Waals surface area contributed by atoms with E-state index in [1.807, 2.05) is 6.92 Å². The van der Waals surface area contributed by atoms with Gasteiger partial charge in [0.05, 0.1) is 11.6 Å². The molecule has 3 aliphatic carbocycles. The first-order chi connectivity index (χ1) is 15.0. The summed E-state index contributed by atoms with van der Waals surface area (Å²) in [4.78, 5) is 40.1. The van der Waals surface area contributed by atoms with E-state index in [4.69, 9.17) is 5.73 Å². The van der Waals surface area contributed by atoms with Gasteiger partial charge in [-0.15, -0.1) is 0 Å². The number of fused-ring (bicyclic) bond motifs is 3. The first-order valence-electron chi connectivity index (χ1n) is 10.4. The Hall–Kier alpha value is -3.17. The van der Waals surface area contributed by atoms with Gasteiger partial charge in [-0.25, -0.2) is 0 Å². The number of ketones is 2. The molecule has 0 aliphatic heterocycles. The van der Waals surface area contributed by atoms with Crippen molar-refractivity contribution in [1.82, 2.24) is 4.90 Å². The number of Topliss-reactive ketones (excluding diaryl/α,β-unsaturated/α-hetero) is 2. The highest BCUT2D eigenvalue weighted by molar-refractivity contribution is 6.24. The molecule has 170 valence electrons. The summed E-state index contributed by atoms with van der Waals surface area (Å²) < 4.78 is 0. The molecule has 1 aromatic rings. The number of aliphatic hydroxyl groups is 3. The van der Waals surface area contributed by atoms with Gasteiger partial charge in [0.15, 0.2) is 11.4 Å². The number of phenols is 1. The summed E-state index contributed by atoms with van der Waals surface area (Å²) >= 11 is 0. The van der Waals surface area contributed by atoms with Crippen LogP contribution in [0.15, 0.2) is 29.0 Å². The normalized spacial score (nSPS) is 29.7. The molecule has 0 heterocycles. The van der Waals surface area contributed by atoms with Gasteiger partial charge in [-0.2, -0.15) is 0 Å². The standard InChI is InChI=1S/C23H26N2O7/c1-4-9-5-6-13(26)15-11(9)7-10-8-12-17(25(2)3)19(28)16(22(24)31)21(30)23(12,32)20(29)14(10)18(15)27/h5-6,10,12,17,26-27,30,32H,4,7-8H2,1-3H3,(H2,24,31)/t10-,12+,17+,23+/m1/s1. The van der Waals surface area contributed by atoms with Crippen molar-refractivity contribution in [3.05, 3.63) is 45.7 Å². The maximum absolute atomic E-state index is 13.6. The fourth-order valence-electron chi connectivity index (χ4n) is 5.64. The summed E-state index contributed by atoms with van der Waals surface area (Å²) in [5.74, 6) is -6.38. The van der Waals surface area contributed by atoms with Crippen molar-refractivity contribution in [2.45, 2.75) is 37.8 Å². The number of carbonyl (C=O) groups excluding carboxylic acids is 3. The van der Waals surface area contributed by atoms with Crippen molar-refractivity contribution in [2.75, 3.05) is 14.1 Å². The predicted molar refractivity (Wildman–Crippen MR) is 114 cm³/mol. The van der Waals surface area contributed by atoms with Crippen molar-refractivity contribution >= 4 is 23.2 Å². The lowest BCUT2D eigenvalue weighted by atomic mass is 9.57. The number of amides is 1. The van der Waals surface area contributed by atoms with Gasteiger partial charge >= 0.3 is 0 Å². The fraction of sp³-hybridized carbons (Fsp3) is 0.435. The number of hydrogen-bond donors (Lipinski definition) is 5. The van der Waals surface area contributed by atoms with E-state index in [0.29, 0.717) is 18.4 Å². The Morgan fingerprint density at radius 2 is 1.88 bits per heavy atom. The molecule has 9 heteroatoms. The highest BCUT2D eigenvalue weighted by Gasteiger charge is 2.64. The second-order valence-electron chi connectivity index (χ2n) is 8.91. The van der Waals surface area contributed by atoms with E-state index < -0.39 is 58.0 Å². The van der Waals surface area contributed by atoms with E-state index >= 15 is 0 Å². The third-order valence-corrected chi connectivity index (χ3v) is 7.08. The number of primary amides is 1. The number of carbonyl (C=O) groups is 3. The summed E-state index contributed by atoms with van der Waals surface area (Å²) in [6, 6.07) is 2.11. The molecule has 0 spiro atoms. The first-order valence-corrected chi connectivity index (χ1v) is 10.4. The second-order valence-corrected chi connectivity index (χ2v) is 8.91. The fourth-order valence-corrected chi connectivity index (χ4v) is 5.64. The highest BCUT2D eigenvalue weighted by Crippen LogP contribution is 2.52. The average molecular weight is 442 g/mol. The Bertz CT molecular complexity index is 1130. The molecule has 32 heavy (non-hydrogen) atoms. The molecular weight excluding hydrogens is 416 g/mol. The minimum atomic E-state index is -2.61. The third kappa shape index (κ3) is 2.67. The Balaban J connectivity index is 1.99. The van der Waals surface area contributed by atoms with Crippen molar-refractivity contribution in [2.24, 2.45) is 17.6 Å². The first kappa shape index (κ1) is 22.0. The molecule has 4 atom stereocenters. The van der Waals surface area contributed by atoms with Crippen LogP contribution in [0.4, 0.5) is 0 Å². The largest absolute Gasteiger partial charge is 0.508 e. The second kappa shape index (κ2) is 7.18. The van der Waals surface area contributed by atoms with Gasteiger partial charge in [0, 0.05) is 11.5 Å². The van der Waals surface area contributed by atoms with E-state index in [1.54, 1.807) is 20.2 Å². The molecule has 0 unspecified atom stereocenters. The van der Waals surface area contributed by atoms with Crippen LogP contribution in [0.25, 0.3) is 5.76 Å². The zero-order valence-corrected chi connectivity index (χ0v) is 18.0. The average Bonchev–Trinajstić information content (AvgIpc) is 2.70. The summed E-state index contributed by atoms with van der Waals surface area (Å²) in [7, 11) is 3.14. The molecule has 4 rings (SSSR count). The summed E-state index contributed by atoms with van der Waals surface area (Å²) in [6.07, 6.45) is 1.04. The molecule has 9 nitrogen and oxygen atoms in total. The molecule has 6 N–H and O–H groups in total. The lowest BCUT2D eigenvalue weighted by Gasteiger charge is -2.50. The quantitative estimate of drug-likeness (QED) is 0.424. The van der Waals surface area contributed by atoms with Crippen molar-refractivity contribution in [3.63, 3.8) is 0 Å². The number of rotatable bonds is 3. The monoisotopic (exact) mass is 442 g/mol. The molecule has 1 fully saturated rings. The third-order valence-electron chi connectivity index (χ3n) is 7.08. The Kier molecular flexibility index (Phi) is 4.94. The zero-order valence-electron chi connectivity index (χ0n) is 18.0. The number of hydrogen-bond acceptors (Lipinski definition) is 8. The van der Waals surface area contributed by atoms with Gasteiger partial charge in [0.25, 0.3) is 5.91 Å². The minimum Gasteiger partial charge on any atom is -0.508 e. The van der Waals surface area contributed by atoms with Crippen LogP contribution in [0.5, 0.6) is 5.75 Å². The molecule has 1 saturated carbocycles. The van der Waals surface area contributed by atoms with Gasteiger partial charge in [-0.1, -0.05) is 13.0 Å². The summed E-state index contributed by atoms with van der Waals surface area (Å²) in [6.45, 7) is 1.93. The SMILES string of the molecule is CCc1ccc(O)c2c1C[C@@H]1C[C@H]3[C@H](N(C)C)C(=O)C(C(N)=O)=C(O)[C@@]3(O)C(=O)C1=C2O. The topological polar surface area (TPSA) is 161 Å². The number of aliphatic hydroxyl groups excluding tert-OH is 2. The maximum atomic E-state index is 13.6. The number of phenolic OH excluding ortho intramolecular Hbond substituents is 1. The van der Waals surface area contributed by atoms with Gasteiger partial charge in [-0.05, 0) is 56.5 Å². The summed E-state index contributed by atoms with van der Waals surface area (Å²) in [5.41, 5.74) is 3.47. The number of aryl methyl sites for hydroxylation is 1. The number of aromatic hydroxyl groups is 1. The van der Waals surface area contributed by atoms with Crippen LogP contribution in [-0.2, 0) is 27.2 Å². The Morgan fingerprint density at radius 1 is 1.22 bits per heavy atom. The molecule has 1 aromatic carbocycles. The van der Waals surface area contributed by atoms with Crippen LogP contribution < -0.4 is 5.73 Å². The Labute approximate surface area is 184 Å². The smallest absolute Gasteiger partial charge is 0.255 e. The molecule has 1 amide bonds. The van der Waals surface area contributed by atoms with E-state index in [-0.39, 0.29) is 23.3 Å². The van der Waals surface area contributed by atoms with Crippen LogP contribution in [-0.4, -0.2) is 68.5 Å². The van der Waals surface area contributed by atoms with Gasteiger partial charge in [-0.3, -0.25) is 19.3 Å². The van der Waals surface area contributed by atoms with E-state index in [2.05, 4.69) is 0 Å². The number of nitrogens with zero attached hydrogens (tertiary/aromatic N) is 1. The van der Waals surface area contributed by atoms with Crippen molar-refractivity contribution < 1.29 is 34.8 Å².